The Hall–Kier alpha value is -3.78. The molecular formula is C22H18ClN5O3. The molecule has 1 amide bonds. The molecule has 0 fully saturated rings. The summed E-state index contributed by atoms with van der Waals surface area (Å²) in [6.45, 7) is 0.903. The number of imidazole rings is 1. The summed E-state index contributed by atoms with van der Waals surface area (Å²) < 4.78 is 1.87. The van der Waals surface area contributed by atoms with Gasteiger partial charge >= 0.3 is 0 Å². The van der Waals surface area contributed by atoms with Crippen molar-refractivity contribution < 1.29 is 15.0 Å². The van der Waals surface area contributed by atoms with Crippen LogP contribution in [-0.2, 0) is 13.0 Å². The lowest BCUT2D eigenvalue weighted by Crippen LogP contribution is -2.35. The van der Waals surface area contributed by atoms with E-state index in [-0.39, 0.29) is 22.4 Å². The number of aromatic nitrogens is 4. The molecule has 0 unspecified atom stereocenters. The molecule has 0 radical (unpaired) electrons. The van der Waals surface area contributed by atoms with Gasteiger partial charge in [0.15, 0.2) is 0 Å². The maximum absolute atomic E-state index is 13.1. The average molecular weight is 436 g/mol. The van der Waals surface area contributed by atoms with Gasteiger partial charge in [0.1, 0.15) is 17.2 Å². The van der Waals surface area contributed by atoms with E-state index in [4.69, 9.17) is 11.6 Å². The van der Waals surface area contributed by atoms with Crippen LogP contribution in [0.25, 0.3) is 16.9 Å². The van der Waals surface area contributed by atoms with Gasteiger partial charge in [-0.05, 0) is 30.3 Å². The van der Waals surface area contributed by atoms with Gasteiger partial charge in [-0.1, -0.05) is 11.6 Å². The molecule has 1 aliphatic rings. The maximum atomic E-state index is 13.1. The molecule has 3 heterocycles. The highest BCUT2D eigenvalue weighted by molar-refractivity contribution is 6.32. The number of fused-ring (bicyclic) bond motifs is 1. The van der Waals surface area contributed by atoms with Crippen LogP contribution >= 0.6 is 11.6 Å². The van der Waals surface area contributed by atoms with Crippen molar-refractivity contribution in [1.29, 1.82) is 0 Å². The fourth-order valence-corrected chi connectivity index (χ4v) is 3.97. The van der Waals surface area contributed by atoms with Crippen LogP contribution in [0.3, 0.4) is 0 Å². The summed E-state index contributed by atoms with van der Waals surface area (Å²) in [5, 5.41) is 27.4. The summed E-state index contributed by atoms with van der Waals surface area (Å²) in [6.07, 6.45) is 5.86. The molecule has 31 heavy (non-hydrogen) atoms. The third-order valence-electron chi connectivity index (χ3n) is 5.46. The first-order valence-electron chi connectivity index (χ1n) is 9.67. The lowest BCUT2D eigenvalue weighted by atomic mass is 9.99. The third kappa shape index (κ3) is 3.40. The predicted molar refractivity (Wildman–Crippen MR) is 114 cm³/mol. The van der Waals surface area contributed by atoms with Gasteiger partial charge in [-0.25, -0.2) is 4.98 Å². The largest absolute Gasteiger partial charge is 0.507 e. The molecular weight excluding hydrogens is 418 g/mol. The van der Waals surface area contributed by atoms with E-state index in [1.54, 1.807) is 29.6 Å². The number of H-pyrrole nitrogens is 1. The number of carbonyl (C=O) groups is 1. The van der Waals surface area contributed by atoms with E-state index in [1.165, 1.54) is 12.1 Å². The van der Waals surface area contributed by atoms with Crippen LogP contribution in [0.1, 0.15) is 21.6 Å². The Morgan fingerprint density at radius 2 is 1.94 bits per heavy atom. The Morgan fingerprint density at radius 3 is 2.68 bits per heavy atom. The van der Waals surface area contributed by atoms with Crippen LogP contribution in [0, 0.1) is 0 Å². The van der Waals surface area contributed by atoms with Crippen molar-refractivity contribution in [3.8, 4) is 28.4 Å². The van der Waals surface area contributed by atoms with Crippen molar-refractivity contribution in [2.75, 3.05) is 6.54 Å². The predicted octanol–water partition coefficient (Wildman–Crippen LogP) is 3.53. The molecule has 0 bridgehead atoms. The number of hydrogen-bond donors (Lipinski definition) is 3. The molecule has 156 valence electrons. The number of hydrogen-bond acceptors (Lipinski definition) is 5. The number of halogens is 1. The average Bonchev–Trinajstić information content (AvgIpc) is 3.46. The second kappa shape index (κ2) is 7.48. The minimum Gasteiger partial charge on any atom is -0.507 e. The summed E-state index contributed by atoms with van der Waals surface area (Å²) in [4.78, 5) is 18.9. The van der Waals surface area contributed by atoms with E-state index in [0.717, 1.165) is 16.9 Å². The highest BCUT2D eigenvalue weighted by Crippen LogP contribution is 2.39. The smallest absolute Gasteiger partial charge is 0.254 e. The number of nitrogens with zero attached hydrogens (tertiary/aromatic N) is 4. The molecule has 9 heteroatoms. The molecule has 5 rings (SSSR count). The normalized spacial score (nSPS) is 13.3. The lowest BCUT2D eigenvalue weighted by molar-refractivity contribution is 0.0734. The molecule has 4 aromatic rings. The van der Waals surface area contributed by atoms with Crippen molar-refractivity contribution >= 4 is 17.5 Å². The van der Waals surface area contributed by atoms with Gasteiger partial charge in [0.05, 0.1) is 11.3 Å². The van der Waals surface area contributed by atoms with Gasteiger partial charge in [0, 0.05) is 66.0 Å². The summed E-state index contributed by atoms with van der Waals surface area (Å²) in [5.41, 5.74) is 4.17. The molecule has 0 atom stereocenters. The Morgan fingerprint density at radius 1 is 1.13 bits per heavy atom. The fourth-order valence-electron chi connectivity index (χ4n) is 3.80. The van der Waals surface area contributed by atoms with Gasteiger partial charge in [0.2, 0.25) is 0 Å². The van der Waals surface area contributed by atoms with Crippen LogP contribution < -0.4 is 0 Å². The number of benzene rings is 2. The molecule has 0 saturated heterocycles. The zero-order valence-corrected chi connectivity index (χ0v) is 17.0. The van der Waals surface area contributed by atoms with E-state index in [1.807, 2.05) is 22.9 Å². The van der Waals surface area contributed by atoms with Crippen molar-refractivity contribution in [3.05, 3.63) is 77.0 Å². The minimum absolute atomic E-state index is 0.0806. The van der Waals surface area contributed by atoms with Crippen molar-refractivity contribution in [2.45, 2.75) is 13.0 Å². The van der Waals surface area contributed by atoms with Gasteiger partial charge in [-0.3, -0.25) is 9.89 Å². The number of nitrogens with one attached hydrogen (secondary N) is 1. The quantitative estimate of drug-likeness (QED) is 0.456. The van der Waals surface area contributed by atoms with Crippen LogP contribution in [0.4, 0.5) is 0 Å². The Balaban J connectivity index is 1.41. The van der Waals surface area contributed by atoms with Crippen LogP contribution in [0.2, 0.25) is 5.02 Å². The van der Waals surface area contributed by atoms with Crippen LogP contribution in [0.15, 0.2) is 55.1 Å². The highest BCUT2D eigenvalue weighted by atomic mass is 35.5. The van der Waals surface area contributed by atoms with Gasteiger partial charge in [-0.15, -0.1) is 0 Å². The van der Waals surface area contributed by atoms with E-state index in [2.05, 4.69) is 15.2 Å². The topological polar surface area (TPSA) is 107 Å². The van der Waals surface area contributed by atoms with Crippen molar-refractivity contribution in [2.24, 2.45) is 0 Å². The zero-order chi connectivity index (χ0) is 21.5. The summed E-state index contributed by atoms with van der Waals surface area (Å²) in [5.74, 6) is -0.416. The first-order chi connectivity index (χ1) is 15.0. The second-order valence-corrected chi connectivity index (χ2v) is 7.75. The Kier molecular flexibility index (Phi) is 4.63. The molecule has 2 aromatic heterocycles. The maximum Gasteiger partial charge on any atom is 0.254 e. The highest BCUT2D eigenvalue weighted by Gasteiger charge is 2.27. The van der Waals surface area contributed by atoms with E-state index >= 15 is 0 Å². The molecule has 1 aliphatic heterocycles. The van der Waals surface area contributed by atoms with E-state index < -0.39 is 0 Å². The summed E-state index contributed by atoms with van der Waals surface area (Å²) in [6, 6.07) is 10.0. The SMILES string of the molecule is O=C(c1ccc(-n2ccnc2)cc1)N1CCc2[nH]nc(-c3cc(Cl)c(O)cc3O)c2C1. The summed E-state index contributed by atoms with van der Waals surface area (Å²) in [7, 11) is 0. The molecule has 0 aliphatic carbocycles. The minimum atomic E-state index is -0.205. The first-order valence-corrected chi connectivity index (χ1v) is 10.0. The third-order valence-corrected chi connectivity index (χ3v) is 5.76. The van der Waals surface area contributed by atoms with Gasteiger partial charge < -0.3 is 19.7 Å². The number of aromatic hydroxyl groups is 2. The number of aromatic amines is 1. The molecule has 0 saturated carbocycles. The number of amides is 1. The van der Waals surface area contributed by atoms with Crippen molar-refractivity contribution in [1.82, 2.24) is 24.6 Å². The standard InChI is InChI=1S/C22H18ClN5O3/c23-17-9-15(19(29)10-20(17)30)21-16-11-27(7-5-18(16)25-26-21)22(31)13-1-3-14(4-2-13)28-8-6-24-12-28/h1-4,6,8-10,12,29-30H,5,7,11H2,(H,25,26). The van der Waals surface area contributed by atoms with Crippen LogP contribution in [0.5, 0.6) is 11.5 Å². The monoisotopic (exact) mass is 435 g/mol. The second-order valence-electron chi connectivity index (χ2n) is 7.34. The van der Waals surface area contributed by atoms with Gasteiger partial charge in [0.25, 0.3) is 5.91 Å². The van der Waals surface area contributed by atoms with Crippen molar-refractivity contribution in [3.63, 3.8) is 0 Å². The summed E-state index contributed by atoms with van der Waals surface area (Å²) >= 11 is 6.03. The number of carbonyl (C=O) groups excluding carboxylic acids is 1. The number of phenolic OH excluding ortho intramolecular Hbond substituents is 2. The number of rotatable bonds is 3. The zero-order valence-electron chi connectivity index (χ0n) is 16.3. The van der Waals surface area contributed by atoms with Crippen LogP contribution in [-0.4, -0.2) is 47.3 Å². The molecule has 2 aromatic carbocycles. The molecule has 8 nitrogen and oxygen atoms in total. The molecule has 0 spiro atoms. The van der Waals surface area contributed by atoms with E-state index in [9.17, 15) is 15.0 Å². The Labute approximate surface area is 182 Å². The molecule has 3 N–H and O–H groups in total. The number of phenols is 2. The van der Waals surface area contributed by atoms with Gasteiger partial charge in [-0.2, -0.15) is 5.10 Å². The first kappa shape index (κ1) is 19.2. The fraction of sp³-hybridized carbons (Fsp3) is 0.136. The van der Waals surface area contributed by atoms with E-state index in [0.29, 0.717) is 36.3 Å². The Bertz CT molecular complexity index is 1270. The lowest BCUT2D eigenvalue weighted by Gasteiger charge is -2.27.